The maximum Gasteiger partial charge on any atom is 0.125 e. The Labute approximate surface area is 125 Å². The first kappa shape index (κ1) is 14.4. The Balaban J connectivity index is 2.36. The molecule has 0 unspecified atom stereocenters. The highest BCUT2D eigenvalue weighted by atomic mass is 79.9. The van der Waals surface area contributed by atoms with Crippen LogP contribution < -0.4 is 4.74 Å². The van der Waals surface area contributed by atoms with Crippen LogP contribution in [0.1, 0.15) is 18.6 Å². The van der Waals surface area contributed by atoms with Crippen molar-refractivity contribution in [3.05, 3.63) is 52.5 Å². The van der Waals surface area contributed by atoms with E-state index in [0.717, 1.165) is 25.6 Å². The Morgan fingerprint density at radius 3 is 2.42 bits per heavy atom. The molecule has 0 aliphatic carbocycles. The Bertz CT molecular complexity index is 553. The number of aliphatic hydroxyl groups is 1. The van der Waals surface area contributed by atoms with E-state index in [1.54, 1.807) is 25.8 Å². The zero-order chi connectivity index (χ0) is 13.8. The average molecular weight is 339 g/mol. The SMILES string of the molecule is COc1cccc(Sc2ccc(Br)cc2)c1[C@@H](C)O. The molecular weight excluding hydrogens is 324 g/mol. The largest absolute Gasteiger partial charge is 0.496 e. The van der Waals surface area contributed by atoms with Crippen molar-refractivity contribution in [1.29, 1.82) is 0 Å². The van der Waals surface area contributed by atoms with E-state index >= 15 is 0 Å². The van der Waals surface area contributed by atoms with Crippen molar-refractivity contribution in [2.75, 3.05) is 7.11 Å². The lowest BCUT2D eigenvalue weighted by molar-refractivity contribution is 0.191. The Morgan fingerprint density at radius 2 is 1.84 bits per heavy atom. The summed E-state index contributed by atoms with van der Waals surface area (Å²) < 4.78 is 6.38. The van der Waals surface area contributed by atoms with Crippen molar-refractivity contribution in [2.45, 2.75) is 22.8 Å². The summed E-state index contributed by atoms with van der Waals surface area (Å²) in [4.78, 5) is 2.13. The second-order valence-corrected chi connectivity index (χ2v) is 6.14. The molecule has 1 N–H and O–H groups in total. The summed E-state index contributed by atoms with van der Waals surface area (Å²) in [5.41, 5.74) is 0.831. The highest BCUT2D eigenvalue weighted by Gasteiger charge is 2.14. The third-order valence-electron chi connectivity index (χ3n) is 2.71. The minimum atomic E-state index is -0.561. The summed E-state index contributed by atoms with van der Waals surface area (Å²) in [5.74, 6) is 0.720. The lowest BCUT2D eigenvalue weighted by Crippen LogP contribution is -1.98. The third kappa shape index (κ3) is 3.53. The zero-order valence-electron chi connectivity index (χ0n) is 10.8. The van der Waals surface area contributed by atoms with Crippen LogP contribution in [0.3, 0.4) is 0 Å². The van der Waals surface area contributed by atoms with Crippen molar-refractivity contribution in [3.63, 3.8) is 0 Å². The van der Waals surface area contributed by atoms with Gasteiger partial charge in [0, 0.05) is 19.8 Å². The van der Waals surface area contributed by atoms with Crippen LogP contribution in [0, 0.1) is 0 Å². The maximum absolute atomic E-state index is 9.94. The van der Waals surface area contributed by atoms with Gasteiger partial charge in [0.2, 0.25) is 0 Å². The standard InChI is InChI=1S/C15H15BrO2S/c1-10(17)15-13(18-2)4-3-5-14(15)19-12-8-6-11(16)7-9-12/h3-10,17H,1-2H3/t10-/m1/s1. The van der Waals surface area contributed by atoms with Gasteiger partial charge in [-0.2, -0.15) is 0 Å². The zero-order valence-corrected chi connectivity index (χ0v) is 13.2. The van der Waals surface area contributed by atoms with Crippen LogP contribution in [-0.4, -0.2) is 12.2 Å². The molecule has 0 saturated carbocycles. The lowest BCUT2D eigenvalue weighted by Gasteiger charge is -2.15. The molecule has 0 heterocycles. The first-order valence-electron chi connectivity index (χ1n) is 5.90. The predicted octanol–water partition coefficient (Wildman–Crippen LogP) is 4.66. The summed E-state index contributed by atoms with van der Waals surface area (Å²) in [5, 5.41) is 9.94. The van der Waals surface area contributed by atoms with Crippen LogP contribution >= 0.6 is 27.7 Å². The molecular formula is C15H15BrO2S. The Hall–Kier alpha value is -0.970. The van der Waals surface area contributed by atoms with Crippen molar-refractivity contribution in [1.82, 2.24) is 0 Å². The molecule has 1 atom stereocenters. The molecule has 0 amide bonds. The van der Waals surface area contributed by atoms with Gasteiger partial charge in [-0.15, -0.1) is 0 Å². The second-order valence-electron chi connectivity index (χ2n) is 4.10. The molecule has 0 aromatic heterocycles. The number of methoxy groups -OCH3 is 1. The predicted molar refractivity (Wildman–Crippen MR) is 81.9 cm³/mol. The van der Waals surface area contributed by atoms with E-state index in [-0.39, 0.29) is 0 Å². The van der Waals surface area contributed by atoms with Gasteiger partial charge in [-0.3, -0.25) is 0 Å². The van der Waals surface area contributed by atoms with Crippen LogP contribution in [0.5, 0.6) is 5.75 Å². The highest BCUT2D eigenvalue weighted by molar-refractivity contribution is 9.10. The molecule has 0 fully saturated rings. The van der Waals surface area contributed by atoms with E-state index in [1.165, 1.54) is 0 Å². The molecule has 0 radical (unpaired) electrons. The van der Waals surface area contributed by atoms with Gasteiger partial charge in [0.05, 0.1) is 13.2 Å². The van der Waals surface area contributed by atoms with Gasteiger partial charge in [0.1, 0.15) is 5.75 Å². The van der Waals surface area contributed by atoms with Crippen molar-refractivity contribution >= 4 is 27.7 Å². The topological polar surface area (TPSA) is 29.5 Å². The van der Waals surface area contributed by atoms with Crippen LogP contribution in [0.2, 0.25) is 0 Å². The van der Waals surface area contributed by atoms with Crippen LogP contribution in [0.15, 0.2) is 56.7 Å². The molecule has 2 aromatic rings. The maximum atomic E-state index is 9.94. The van der Waals surface area contributed by atoms with E-state index in [1.807, 2.05) is 42.5 Å². The molecule has 100 valence electrons. The number of aliphatic hydroxyl groups excluding tert-OH is 1. The first-order chi connectivity index (χ1) is 9.11. The van der Waals surface area contributed by atoms with Crippen LogP contribution in [0.25, 0.3) is 0 Å². The van der Waals surface area contributed by atoms with Crippen molar-refractivity contribution in [3.8, 4) is 5.75 Å². The smallest absolute Gasteiger partial charge is 0.125 e. The number of hydrogen-bond acceptors (Lipinski definition) is 3. The van der Waals surface area contributed by atoms with E-state index in [2.05, 4.69) is 15.9 Å². The Morgan fingerprint density at radius 1 is 1.16 bits per heavy atom. The molecule has 0 aliphatic rings. The monoisotopic (exact) mass is 338 g/mol. The quantitative estimate of drug-likeness (QED) is 0.878. The number of halogens is 1. The molecule has 2 aromatic carbocycles. The fraction of sp³-hybridized carbons (Fsp3) is 0.200. The summed E-state index contributed by atoms with van der Waals surface area (Å²) >= 11 is 5.04. The van der Waals surface area contributed by atoms with E-state index in [9.17, 15) is 5.11 Å². The van der Waals surface area contributed by atoms with E-state index < -0.39 is 6.10 Å². The first-order valence-corrected chi connectivity index (χ1v) is 7.51. The van der Waals surface area contributed by atoms with Gasteiger partial charge in [-0.25, -0.2) is 0 Å². The molecule has 0 bridgehead atoms. The average Bonchev–Trinajstić information content (AvgIpc) is 2.40. The number of rotatable bonds is 4. The van der Waals surface area contributed by atoms with E-state index in [4.69, 9.17) is 4.74 Å². The van der Waals surface area contributed by atoms with Gasteiger partial charge in [-0.1, -0.05) is 33.8 Å². The molecule has 0 spiro atoms. The van der Waals surface area contributed by atoms with Gasteiger partial charge >= 0.3 is 0 Å². The minimum absolute atomic E-state index is 0.561. The third-order valence-corrected chi connectivity index (χ3v) is 4.32. The van der Waals surface area contributed by atoms with Crippen LogP contribution in [-0.2, 0) is 0 Å². The highest BCUT2D eigenvalue weighted by Crippen LogP contribution is 2.38. The fourth-order valence-corrected chi connectivity index (χ4v) is 3.15. The van der Waals surface area contributed by atoms with Gasteiger partial charge in [0.15, 0.2) is 0 Å². The van der Waals surface area contributed by atoms with Crippen LogP contribution in [0.4, 0.5) is 0 Å². The summed E-state index contributed by atoms with van der Waals surface area (Å²) in [6.07, 6.45) is -0.561. The molecule has 0 saturated heterocycles. The van der Waals surface area contributed by atoms with Crippen molar-refractivity contribution < 1.29 is 9.84 Å². The molecule has 2 rings (SSSR count). The fourth-order valence-electron chi connectivity index (χ4n) is 1.83. The van der Waals surface area contributed by atoms with Gasteiger partial charge in [-0.05, 0) is 43.3 Å². The number of hydrogen-bond donors (Lipinski definition) is 1. The van der Waals surface area contributed by atoms with E-state index in [0.29, 0.717) is 0 Å². The number of ether oxygens (including phenoxy) is 1. The number of benzene rings is 2. The normalized spacial score (nSPS) is 12.2. The molecule has 0 aliphatic heterocycles. The summed E-state index contributed by atoms with van der Waals surface area (Å²) in [6, 6.07) is 13.9. The Kier molecular flexibility index (Phi) is 4.91. The summed E-state index contributed by atoms with van der Waals surface area (Å²) in [7, 11) is 1.62. The van der Waals surface area contributed by atoms with Crippen molar-refractivity contribution in [2.24, 2.45) is 0 Å². The molecule has 19 heavy (non-hydrogen) atoms. The second kappa shape index (κ2) is 6.46. The minimum Gasteiger partial charge on any atom is -0.496 e. The van der Waals surface area contributed by atoms with Gasteiger partial charge < -0.3 is 9.84 Å². The molecule has 4 heteroatoms. The molecule has 2 nitrogen and oxygen atoms in total. The van der Waals surface area contributed by atoms with Gasteiger partial charge in [0.25, 0.3) is 0 Å². The lowest BCUT2D eigenvalue weighted by atomic mass is 10.1. The summed E-state index contributed by atoms with van der Waals surface area (Å²) in [6.45, 7) is 1.75.